The average molecular weight is 543 g/mol. The first kappa shape index (κ1) is 29.2. The number of hydrogen-bond donors (Lipinski definition) is 1. The molecule has 3 aromatic rings. The fourth-order valence-corrected chi connectivity index (χ4v) is 7.06. The van der Waals surface area contributed by atoms with Crippen molar-refractivity contribution in [1.29, 1.82) is 0 Å². The number of hydrogen-bond acceptors (Lipinski definition) is 4. The number of thioether (sulfide) groups is 1. The molecule has 206 valence electrons. The van der Waals surface area contributed by atoms with E-state index in [0.717, 1.165) is 48.3 Å². The summed E-state index contributed by atoms with van der Waals surface area (Å²) in [6, 6.07) is 21.9. The van der Waals surface area contributed by atoms with Crippen molar-refractivity contribution >= 4 is 23.8 Å². The minimum Gasteiger partial charge on any atom is -0.469 e. The summed E-state index contributed by atoms with van der Waals surface area (Å²) in [5.41, 5.74) is 8.91. The van der Waals surface area contributed by atoms with E-state index >= 15 is 0 Å². The van der Waals surface area contributed by atoms with Gasteiger partial charge in [-0.2, -0.15) is 11.8 Å². The minimum absolute atomic E-state index is 0.0700. The normalized spacial score (nSPS) is 15.4. The molecule has 0 radical (unpaired) electrons. The molecule has 1 fully saturated rings. The predicted octanol–water partition coefficient (Wildman–Crippen LogP) is 8.06. The van der Waals surface area contributed by atoms with Gasteiger partial charge in [-0.05, 0) is 95.5 Å². The number of rotatable bonds is 9. The number of methoxy groups -OCH3 is 1. The Kier molecular flexibility index (Phi) is 9.40. The molecule has 0 aromatic heterocycles. The summed E-state index contributed by atoms with van der Waals surface area (Å²) in [4.78, 5) is 11.6. The Morgan fingerprint density at radius 3 is 2.13 bits per heavy atom. The van der Waals surface area contributed by atoms with Gasteiger partial charge in [0.05, 0.1) is 19.1 Å². The summed E-state index contributed by atoms with van der Waals surface area (Å²) in [6.07, 6.45) is 8.10. The summed E-state index contributed by atoms with van der Waals surface area (Å²) in [7, 11) is 1.42. The fraction of sp³-hybridized carbons (Fsp3) is 0.400. The maximum Gasteiger partial charge on any atom is 0.309 e. The molecule has 1 saturated heterocycles. The molecule has 4 rings (SSSR count). The first-order valence-electron chi connectivity index (χ1n) is 14.1. The van der Waals surface area contributed by atoms with E-state index in [-0.39, 0.29) is 17.8 Å². The molecule has 0 bridgehead atoms. The molecule has 0 amide bonds. The van der Waals surface area contributed by atoms with E-state index in [9.17, 15) is 9.90 Å². The molecule has 1 heterocycles. The third-order valence-electron chi connectivity index (χ3n) is 8.58. The molecular formula is C35H42O3S. The SMILES string of the molecule is CCC(CC)(c1ccc(/C=C/C2(O)CCSCC2)c(C)c1)c1ccc(-c2ccc(CC(=O)OC)cc2)c(C)c1. The van der Waals surface area contributed by atoms with Crippen LogP contribution in [-0.4, -0.2) is 35.3 Å². The number of carbonyl (C=O) groups excluding carboxylic acids is 1. The van der Waals surface area contributed by atoms with E-state index in [0.29, 0.717) is 0 Å². The van der Waals surface area contributed by atoms with Gasteiger partial charge in [-0.3, -0.25) is 4.79 Å². The Labute approximate surface area is 238 Å². The second-order valence-corrected chi connectivity index (χ2v) is 12.1. The Morgan fingerprint density at radius 1 is 0.949 bits per heavy atom. The third kappa shape index (κ3) is 6.50. The van der Waals surface area contributed by atoms with Crippen molar-refractivity contribution in [1.82, 2.24) is 0 Å². The van der Waals surface area contributed by atoms with Crippen molar-refractivity contribution in [3.8, 4) is 11.1 Å². The lowest BCUT2D eigenvalue weighted by molar-refractivity contribution is -0.139. The van der Waals surface area contributed by atoms with Gasteiger partial charge >= 0.3 is 5.97 Å². The van der Waals surface area contributed by atoms with Crippen LogP contribution < -0.4 is 0 Å². The van der Waals surface area contributed by atoms with E-state index < -0.39 is 5.60 Å². The van der Waals surface area contributed by atoms with E-state index in [1.165, 1.54) is 40.5 Å². The monoisotopic (exact) mass is 542 g/mol. The van der Waals surface area contributed by atoms with Crippen molar-refractivity contribution in [3.63, 3.8) is 0 Å². The molecule has 3 aromatic carbocycles. The topological polar surface area (TPSA) is 46.5 Å². The summed E-state index contributed by atoms with van der Waals surface area (Å²) in [5, 5.41) is 10.9. The lowest BCUT2D eigenvalue weighted by atomic mass is 9.69. The van der Waals surface area contributed by atoms with E-state index in [2.05, 4.69) is 82.3 Å². The lowest BCUT2D eigenvalue weighted by Crippen LogP contribution is -2.30. The van der Waals surface area contributed by atoms with Gasteiger partial charge in [0.15, 0.2) is 0 Å². The Hall–Kier alpha value is -2.82. The number of aryl methyl sites for hydroxylation is 2. The van der Waals surface area contributed by atoms with Crippen molar-refractivity contribution in [3.05, 3.63) is 100 Å². The number of esters is 1. The van der Waals surface area contributed by atoms with Crippen LogP contribution >= 0.6 is 11.8 Å². The van der Waals surface area contributed by atoms with Crippen LogP contribution in [0.3, 0.4) is 0 Å². The van der Waals surface area contributed by atoms with Gasteiger partial charge in [-0.1, -0.05) is 86.7 Å². The second-order valence-electron chi connectivity index (χ2n) is 10.9. The van der Waals surface area contributed by atoms with Gasteiger partial charge in [-0.25, -0.2) is 0 Å². The smallest absolute Gasteiger partial charge is 0.309 e. The van der Waals surface area contributed by atoms with Gasteiger partial charge in [0.2, 0.25) is 0 Å². The standard InChI is InChI=1S/C35H42O3S/c1-6-35(7-2,30-13-12-28(25(3)22-30)16-17-34(37)18-20-39-21-19-34)31-14-15-32(26(4)23-31)29-10-8-27(9-11-29)24-33(36)38-5/h8-17,22-23,37H,6-7,18-21,24H2,1-5H3/b17-16+. The summed E-state index contributed by atoms with van der Waals surface area (Å²) >= 11 is 1.92. The largest absolute Gasteiger partial charge is 0.469 e. The zero-order valence-corrected chi connectivity index (χ0v) is 24.9. The first-order chi connectivity index (χ1) is 18.7. The van der Waals surface area contributed by atoms with Gasteiger partial charge in [0.1, 0.15) is 0 Å². The summed E-state index contributed by atoms with van der Waals surface area (Å²) in [6.45, 7) is 8.93. The number of benzene rings is 3. The Balaban J connectivity index is 1.61. The molecule has 0 saturated carbocycles. The first-order valence-corrected chi connectivity index (χ1v) is 15.3. The zero-order chi connectivity index (χ0) is 28.0. The molecule has 39 heavy (non-hydrogen) atoms. The van der Waals surface area contributed by atoms with Crippen LogP contribution in [0.15, 0.2) is 66.7 Å². The molecule has 1 N–H and O–H groups in total. The van der Waals surface area contributed by atoms with Crippen LogP contribution in [0.25, 0.3) is 17.2 Å². The van der Waals surface area contributed by atoms with Crippen molar-refractivity contribution in [2.24, 2.45) is 0 Å². The lowest BCUT2D eigenvalue weighted by Gasteiger charge is -2.34. The molecule has 0 aliphatic carbocycles. The molecule has 3 nitrogen and oxygen atoms in total. The second kappa shape index (κ2) is 12.6. The number of carbonyl (C=O) groups is 1. The molecule has 1 aliphatic rings. The van der Waals surface area contributed by atoms with Crippen molar-refractivity contribution in [2.45, 2.75) is 70.8 Å². The summed E-state index contributed by atoms with van der Waals surface area (Å²) in [5.74, 6) is 1.82. The molecule has 1 aliphatic heterocycles. The quantitative estimate of drug-likeness (QED) is 0.278. The highest BCUT2D eigenvalue weighted by Crippen LogP contribution is 2.41. The fourth-order valence-electron chi connectivity index (χ4n) is 5.86. The van der Waals surface area contributed by atoms with Gasteiger partial charge in [-0.15, -0.1) is 0 Å². The van der Waals surface area contributed by atoms with E-state index in [4.69, 9.17) is 4.74 Å². The maximum absolute atomic E-state index is 11.6. The minimum atomic E-state index is -0.673. The predicted molar refractivity (Wildman–Crippen MR) is 165 cm³/mol. The number of ether oxygens (including phenoxy) is 1. The van der Waals surface area contributed by atoms with Gasteiger partial charge in [0.25, 0.3) is 0 Å². The maximum atomic E-state index is 11.6. The van der Waals surface area contributed by atoms with Gasteiger partial charge < -0.3 is 9.84 Å². The third-order valence-corrected chi connectivity index (χ3v) is 9.57. The molecule has 4 heteroatoms. The summed E-state index contributed by atoms with van der Waals surface area (Å²) < 4.78 is 4.79. The van der Waals surface area contributed by atoms with Crippen LogP contribution in [0.5, 0.6) is 0 Å². The van der Waals surface area contributed by atoms with E-state index in [1.807, 2.05) is 30.0 Å². The highest BCUT2D eigenvalue weighted by atomic mass is 32.2. The highest BCUT2D eigenvalue weighted by molar-refractivity contribution is 7.99. The van der Waals surface area contributed by atoms with Gasteiger partial charge in [0, 0.05) is 5.41 Å². The number of aliphatic hydroxyl groups is 1. The van der Waals surface area contributed by atoms with Crippen LogP contribution in [0.1, 0.15) is 72.9 Å². The van der Waals surface area contributed by atoms with Crippen molar-refractivity contribution < 1.29 is 14.6 Å². The molecular weight excluding hydrogens is 500 g/mol. The van der Waals surface area contributed by atoms with Crippen LogP contribution in [0.2, 0.25) is 0 Å². The molecule has 0 spiro atoms. The Morgan fingerprint density at radius 2 is 1.56 bits per heavy atom. The highest BCUT2D eigenvalue weighted by Gasteiger charge is 2.31. The average Bonchev–Trinajstić information content (AvgIpc) is 2.94. The zero-order valence-electron chi connectivity index (χ0n) is 24.0. The van der Waals surface area contributed by atoms with E-state index in [1.54, 1.807) is 0 Å². The Bertz CT molecular complexity index is 1310. The van der Waals surface area contributed by atoms with Crippen LogP contribution in [0.4, 0.5) is 0 Å². The van der Waals surface area contributed by atoms with Crippen LogP contribution in [0, 0.1) is 13.8 Å². The molecule has 0 atom stereocenters. The van der Waals surface area contributed by atoms with Crippen molar-refractivity contribution in [2.75, 3.05) is 18.6 Å². The van der Waals surface area contributed by atoms with Crippen LogP contribution in [-0.2, 0) is 21.4 Å². The molecule has 0 unspecified atom stereocenters.